The molecule has 1 aliphatic heterocycles. The fourth-order valence-corrected chi connectivity index (χ4v) is 3.92. The molecule has 2 rings (SSSR count). The normalized spacial score (nSPS) is 23.0. The number of ether oxygens (including phenoxy) is 1. The number of likely N-dealkylation sites (tertiary alicyclic amines) is 1. The van der Waals surface area contributed by atoms with Gasteiger partial charge in [0.25, 0.3) is 0 Å². The van der Waals surface area contributed by atoms with E-state index in [-0.39, 0.29) is 6.03 Å². The highest BCUT2D eigenvalue weighted by Gasteiger charge is 2.31. The van der Waals surface area contributed by atoms with Crippen molar-refractivity contribution >= 4 is 17.4 Å². The van der Waals surface area contributed by atoms with Crippen LogP contribution in [0.25, 0.3) is 0 Å². The van der Waals surface area contributed by atoms with Crippen molar-refractivity contribution in [1.82, 2.24) is 15.5 Å². The Bertz CT molecular complexity index is 425. The van der Waals surface area contributed by atoms with Crippen LogP contribution in [-0.4, -0.2) is 51.3 Å². The van der Waals surface area contributed by atoms with Gasteiger partial charge in [-0.25, -0.2) is 4.79 Å². The van der Waals surface area contributed by atoms with Crippen LogP contribution in [0.15, 0.2) is 17.5 Å². The fraction of sp³-hybridized carbons (Fsp3) is 0.667. The van der Waals surface area contributed by atoms with Gasteiger partial charge in [-0.05, 0) is 43.8 Å². The van der Waals surface area contributed by atoms with E-state index in [0.717, 1.165) is 13.0 Å². The number of rotatable bonds is 6. The minimum absolute atomic E-state index is 0.106. The van der Waals surface area contributed by atoms with Gasteiger partial charge in [-0.1, -0.05) is 6.07 Å². The Labute approximate surface area is 130 Å². The second kappa shape index (κ2) is 8.36. The Morgan fingerprint density at radius 3 is 3.10 bits per heavy atom. The SMILES string of the molecule is COCCNC(=O)NC[C@H]1CCCN(C)[C@@H]1c1cccs1. The van der Waals surface area contributed by atoms with Crippen LogP contribution in [0.4, 0.5) is 4.79 Å². The molecule has 1 aromatic rings. The molecule has 0 aliphatic carbocycles. The van der Waals surface area contributed by atoms with Crippen LogP contribution < -0.4 is 10.6 Å². The van der Waals surface area contributed by atoms with E-state index in [2.05, 4.69) is 40.1 Å². The predicted octanol–water partition coefficient (Wildman–Crippen LogP) is 2.08. The standard InChI is InChI=1S/C15H25N3O2S/c1-18-8-3-5-12(14(18)13-6-4-10-21-13)11-17-15(19)16-7-9-20-2/h4,6,10,12,14H,3,5,7-9,11H2,1-2H3,(H2,16,17,19)/t12-,14+/m1/s1. The minimum atomic E-state index is -0.106. The predicted molar refractivity (Wildman–Crippen MR) is 85.7 cm³/mol. The molecule has 2 N–H and O–H groups in total. The zero-order valence-electron chi connectivity index (χ0n) is 12.8. The summed E-state index contributed by atoms with van der Waals surface area (Å²) < 4.78 is 4.92. The third-order valence-corrected chi connectivity index (χ3v) is 4.90. The topological polar surface area (TPSA) is 53.6 Å². The number of carbonyl (C=O) groups excluding carboxylic acids is 1. The van der Waals surface area contributed by atoms with E-state index >= 15 is 0 Å². The monoisotopic (exact) mass is 311 g/mol. The van der Waals surface area contributed by atoms with E-state index in [4.69, 9.17) is 4.74 Å². The zero-order valence-corrected chi connectivity index (χ0v) is 13.6. The number of thiophene rings is 1. The summed E-state index contributed by atoms with van der Waals surface area (Å²) in [5, 5.41) is 7.92. The molecule has 0 radical (unpaired) electrons. The van der Waals surface area contributed by atoms with Gasteiger partial charge in [0.05, 0.1) is 6.61 Å². The van der Waals surface area contributed by atoms with Crippen molar-refractivity contribution < 1.29 is 9.53 Å². The van der Waals surface area contributed by atoms with Crippen molar-refractivity contribution in [3.8, 4) is 0 Å². The lowest BCUT2D eigenvalue weighted by molar-refractivity contribution is 0.123. The van der Waals surface area contributed by atoms with Crippen LogP contribution >= 0.6 is 11.3 Å². The Morgan fingerprint density at radius 1 is 1.52 bits per heavy atom. The first kappa shape index (κ1) is 16.3. The maximum Gasteiger partial charge on any atom is 0.314 e. The van der Waals surface area contributed by atoms with E-state index in [0.29, 0.717) is 31.7 Å². The number of hydrogen-bond donors (Lipinski definition) is 2. The number of amides is 2. The molecule has 0 bridgehead atoms. The molecule has 1 saturated heterocycles. The summed E-state index contributed by atoms with van der Waals surface area (Å²) in [5.74, 6) is 0.468. The first-order valence-corrected chi connectivity index (χ1v) is 8.34. The molecule has 6 heteroatoms. The van der Waals surface area contributed by atoms with E-state index < -0.39 is 0 Å². The van der Waals surface area contributed by atoms with Gasteiger partial charge >= 0.3 is 6.03 Å². The van der Waals surface area contributed by atoms with Crippen LogP contribution in [-0.2, 0) is 4.74 Å². The van der Waals surface area contributed by atoms with Crippen molar-refractivity contribution in [1.29, 1.82) is 0 Å². The molecular weight excluding hydrogens is 286 g/mol. The summed E-state index contributed by atoms with van der Waals surface area (Å²) in [5.41, 5.74) is 0. The zero-order chi connectivity index (χ0) is 15.1. The first-order chi connectivity index (χ1) is 10.2. The molecule has 1 aromatic heterocycles. The molecule has 118 valence electrons. The largest absolute Gasteiger partial charge is 0.383 e. The number of methoxy groups -OCH3 is 1. The van der Waals surface area contributed by atoms with Gasteiger partial charge in [-0.3, -0.25) is 4.90 Å². The molecule has 0 aromatic carbocycles. The van der Waals surface area contributed by atoms with Gasteiger partial charge < -0.3 is 15.4 Å². The number of urea groups is 1. The highest BCUT2D eigenvalue weighted by atomic mass is 32.1. The van der Waals surface area contributed by atoms with Gasteiger partial charge in [0.1, 0.15) is 0 Å². The van der Waals surface area contributed by atoms with Crippen molar-refractivity contribution in [2.24, 2.45) is 5.92 Å². The summed E-state index contributed by atoms with van der Waals surface area (Å²) in [6.45, 7) is 2.92. The summed E-state index contributed by atoms with van der Waals surface area (Å²) in [7, 11) is 3.80. The van der Waals surface area contributed by atoms with Crippen LogP contribution in [0.3, 0.4) is 0 Å². The molecule has 21 heavy (non-hydrogen) atoms. The Hall–Kier alpha value is -1.11. The van der Waals surface area contributed by atoms with Crippen LogP contribution in [0.5, 0.6) is 0 Å². The number of piperidine rings is 1. The van der Waals surface area contributed by atoms with Crippen molar-refractivity contribution in [2.45, 2.75) is 18.9 Å². The molecule has 0 saturated carbocycles. The lowest BCUT2D eigenvalue weighted by atomic mass is 9.88. The Kier molecular flexibility index (Phi) is 6.48. The van der Waals surface area contributed by atoms with Gasteiger partial charge in [0.15, 0.2) is 0 Å². The Balaban J connectivity index is 1.86. The lowest BCUT2D eigenvalue weighted by Crippen LogP contribution is -2.44. The second-order valence-corrected chi connectivity index (χ2v) is 6.45. The van der Waals surface area contributed by atoms with Gasteiger partial charge in [-0.15, -0.1) is 11.3 Å². The summed E-state index contributed by atoms with van der Waals surface area (Å²) in [4.78, 5) is 15.5. The Morgan fingerprint density at radius 2 is 2.38 bits per heavy atom. The summed E-state index contributed by atoms with van der Waals surface area (Å²) in [6, 6.07) is 4.61. The molecule has 2 heterocycles. The minimum Gasteiger partial charge on any atom is -0.383 e. The summed E-state index contributed by atoms with van der Waals surface area (Å²) >= 11 is 1.80. The maximum absolute atomic E-state index is 11.7. The highest BCUT2D eigenvalue weighted by molar-refractivity contribution is 7.10. The van der Waals surface area contributed by atoms with E-state index in [1.165, 1.54) is 11.3 Å². The van der Waals surface area contributed by atoms with Gasteiger partial charge in [0, 0.05) is 31.1 Å². The van der Waals surface area contributed by atoms with Gasteiger partial charge in [0.2, 0.25) is 0 Å². The second-order valence-electron chi connectivity index (χ2n) is 5.47. The third-order valence-electron chi connectivity index (χ3n) is 3.96. The van der Waals surface area contributed by atoms with Crippen molar-refractivity contribution in [2.75, 3.05) is 40.4 Å². The lowest BCUT2D eigenvalue weighted by Gasteiger charge is -2.38. The molecule has 0 unspecified atom stereocenters. The molecule has 2 atom stereocenters. The molecule has 5 nitrogen and oxygen atoms in total. The third kappa shape index (κ3) is 4.69. The fourth-order valence-electron chi connectivity index (χ4n) is 2.94. The first-order valence-electron chi connectivity index (χ1n) is 7.46. The molecular formula is C15H25N3O2S. The number of hydrogen-bond acceptors (Lipinski definition) is 4. The smallest absolute Gasteiger partial charge is 0.314 e. The maximum atomic E-state index is 11.7. The van der Waals surface area contributed by atoms with E-state index in [9.17, 15) is 4.79 Å². The van der Waals surface area contributed by atoms with Crippen molar-refractivity contribution in [3.63, 3.8) is 0 Å². The van der Waals surface area contributed by atoms with Crippen LogP contribution in [0.1, 0.15) is 23.8 Å². The molecule has 2 amide bonds. The number of nitrogens with zero attached hydrogens (tertiary/aromatic N) is 1. The average Bonchev–Trinajstić information content (AvgIpc) is 2.99. The molecule has 1 fully saturated rings. The average molecular weight is 311 g/mol. The van der Waals surface area contributed by atoms with Crippen LogP contribution in [0.2, 0.25) is 0 Å². The molecule has 0 spiro atoms. The van der Waals surface area contributed by atoms with Gasteiger partial charge in [-0.2, -0.15) is 0 Å². The number of carbonyl (C=O) groups is 1. The van der Waals surface area contributed by atoms with Crippen molar-refractivity contribution in [3.05, 3.63) is 22.4 Å². The van der Waals surface area contributed by atoms with E-state index in [1.807, 2.05) is 0 Å². The van der Waals surface area contributed by atoms with Crippen LogP contribution in [0, 0.1) is 5.92 Å². The highest BCUT2D eigenvalue weighted by Crippen LogP contribution is 2.36. The summed E-state index contributed by atoms with van der Waals surface area (Å²) in [6.07, 6.45) is 2.35. The van der Waals surface area contributed by atoms with E-state index in [1.54, 1.807) is 18.4 Å². The molecule has 1 aliphatic rings. The number of nitrogens with one attached hydrogen (secondary N) is 2. The quantitative estimate of drug-likeness (QED) is 0.791.